The molecule has 1 aromatic heterocycles. The number of hydrogen-bond acceptors (Lipinski definition) is 3. The summed E-state index contributed by atoms with van der Waals surface area (Å²) in [5.74, 6) is 0.629. The van der Waals surface area contributed by atoms with Crippen molar-refractivity contribution in [3.05, 3.63) is 51.2 Å². The van der Waals surface area contributed by atoms with Gasteiger partial charge in [-0.2, -0.15) is 5.10 Å². The normalized spacial score (nSPS) is 14.1. The SMILES string of the molecule is CN(Cc1ccccc1Cl)C(=O)Cn1nc2n(c1=O)CCCCC2. The zero-order valence-electron chi connectivity index (χ0n) is 13.7. The molecule has 0 saturated carbocycles. The van der Waals surface area contributed by atoms with E-state index >= 15 is 0 Å². The van der Waals surface area contributed by atoms with E-state index in [4.69, 9.17) is 11.6 Å². The maximum absolute atomic E-state index is 12.4. The first-order valence-electron chi connectivity index (χ1n) is 8.20. The van der Waals surface area contributed by atoms with Gasteiger partial charge in [0.1, 0.15) is 12.4 Å². The molecule has 1 aliphatic rings. The van der Waals surface area contributed by atoms with E-state index in [9.17, 15) is 9.59 Å². The highest BCUT2D eigenvalue weighted by molar-refractivity contribution is 6.31. The quantitative estimate of drug-likeness (QED) is 0.850. The van der Waals surface area contributed by atoms with Crippen LogP contribution in [0.4, 0.5) is 0 Å². The van der Waals surface area contributed by atoms with Crippen molar-refractivity contribution in [2.75, 3.05) is 7.05 Å². The minimum Gasteiger partial charge on any atom is -0.340 e. The van der Waals surface area contributed by atoms with Crippen LogP contribution in [0.5, 0.6) is 0 Å². The molecule has 0 unspecified atom stereocenters. The van der Waals surface area contributed by atoms with Crippen molar-refractivity contribution in [1.29, 1.82) is 0 Å². The molecule has 0 saturated heterocycles. The van der Waals surface area contributed by atoms with E-state index in [1.54, 1.807) is 22.6 Å². The fourth-order valence-corrected chi connectivity index (χ4v) is 3.14. The van der Waals surface area contributed by atoms with E-state index in [-0.39, 0.29) is 18.1 Å². The van der Waals surface area contributed by atoms with Gasteiger partial charge >= 0.3 is 5.69 Å². The molecular weight excluding hydrogens is 328 g/mol. The van der Waals surface area contributed by atoms with Crippen LogP contribution in [-0.2, 0) is 30.8 Å². The topological polar surface area (TPSA) is 60.1 Å². The fraction of sp³-hybridized carbons (Fsp3) is 0.471. The number of aromatic nitrogens is 3. The van der Waals surface area contributed by atoms with Crippen LogP contribution in [0.15, 0.2) is 29.1 Å². The van der Waals surface area contributed by atoms with Crippen LogP contribution in [0.2, 0.25) is 5.02 Å². The van der Waals surface area contributed by atoms with Gasteiger partial charge in [-0.25, -0.2) is 9.48 Å². The lowest BCUT2D eigenvalue weighted by molar-refractivity contribution is -0.131. The second-order valence-corrected chi connectivity index (χ2v) is 6.57. The lowest BCUT2D eigenvalue weighted by Gasteiger charge is -2.17. The lowest BCUT2D eigenvalue weighted by atomic mass is 10.2. The summed E-state index contributed by atoms with van der Waals surface area (Å²) in [5.41, 5.74) is 0.689. The largest absolute Gasteiger partial charge is 0.346 e. The predicted octanol–water partition coefficient (Wildman–Crippen LogP) is 2.08. The first kappa shape index (κ1) is 16.8. The van der Waals surface area contributed by atoms with E-state index < -0.39 is 0 Å². The molecule has 3 rings (SSSR count). The van der Waals surface area contributed by atoms with Gasteiger partial charge in [-0.15, -0.1) is 0 Å². The number of aryl methyl sites for hydroxylation is 1. The minimum absolute atomic E-state index is 0.0419. The van der Waals surface area contributed by atoms with E-state index in [1.807, 2.05) is 18.2 Å². The Morgan fingerprint density at radius 1 is 1.29 bits per heavy atom. The highest BCUT2D eigenvalue weighted by atomic mass is 35.5. The van der Waals surface area contributed by atoms with Gasteiger partial charge in [0, 0.05) is 31.6 Å². The summed E-state index contributed by atoms with van der Waals surface area (Å²) in [7, 11) is 1.71. The first-order valence-corrected chi connectivity index (χ1v) is 8.58. The molecular formula is C17H21ClN4O2. The standard InChI is InChI=1S/C17H21ClN4O2/c1-20(11-13-7-4-5-8-14(13)18)16(23)12-22-17(24)21-10-6-2-3-9-15(21)19-22/h4-5,7-8H,2-3,6,9-12H2,1H3. The number of fused-ring (bicyclic) bond motifs is 1. The van der Waals surface area contributed by atoms with Crippen LogP contribution < -0.4 is 5.69 Å². The van der Waals surface area contributed by atoms with Crippen LogP contribution in [0.3, 0.4) is 0 Å². The highest BCUT2D eigenvalue weighted by Gasteiger charge is 2.19. The Morgan fingerprint density at radius 3 is 2.88 bits per heavy atom. The summed E-state index contributed by atoms with van der Waals surface area (Å²) in [6, 6.07) is 7.42. The van der Waals surface area contributed by atoms with Gasteiger partial charge in [-0.05, 0) is 24.5 Å². The third kappa shape index (κ3) is 3.53. The Hall–Kier alpha value is -2.08. The van der Waals surface area contributed by atoms with Crippen molar-refractivity contribution in [3.8, 4) is 0 Å². The number of carbonyl (C=O) groups is 1. The van der Waals surface area contributed by atoms with E-state index in [1.165, 1.54) is 4.68 Å². The summed E-state index contributed by atoms with van der Waals surface area (Å²) < 4.78 is 2.99. The molecule has 7 heteroatoms. The van der Waals surface area contributed by atoms with Gasteiger partial charge in [-0.1, -0.05) is 36.2 Å². The predicted molar refractivity (Wildman–Crippen MR) is 92.0 cm³/mol. The first-order chi connectivity index (χ1) is 11.6. The van der Waals surface area contributed by atoms with Gasteiger partial charge in [0.05, 0.1) is 0 Å². The smallest absolute Gasteiger partial charge is 0.340 e. The van der Waals surface area contributed by atoms with Crippen LogP contribution in [0.1, 0.15) is 30.7 Å². The Labute approximate surface area is 145 Å². The second kappa shape index (κ2) is 7.21. The Balaban J connectivity index is 1.71. The van der Waals surface area contributed by atoms with E-state index in [0.29, 0.717) is 18.1 Å². The number of rotatable bonds is 4. The van der Waals surface area contributed by atoms with Crippen LogP contribution in [0.25, 0.3) is 0 Å². The molecule has 2 heterocycles. The summed E-state index contributed by atoms with van der Waals surface area (Å²) >= 11 is 6.13. The Bertz CT molecular complexity index is 796. The van der Waals surface area contributed by atoms with E-state index in [2.05, 4.69) is 5.10 Å². The number of benzene rings is 1. The molecule has 1 amide bonds. The van der Waals surface area contributed by atoms with Gasteiger partial charge in [0.2, 0.25) is 5.91 Å². The lowest BCUT2D eigenvalue weighted by Crippen LogP contribution is -2.34. The number of hydrogen-bond donors (Lipinski definition) is 0. The van der Waals surface area contributed by atoms with E-state index in [0.717, 1.165) is 37.1 Å². The maximum atomic E-state index is 12.4. The van der Waals surface area contributed by atoms with Crippen molar-refractivity contribution in [2.45, 2.75) is 45.3 Å². The monoisotopic (exact) mass is 348 g/mol. The van der Waals surface area contributed by atoms with Crippen LogP contribution in [0, 0.1) is 0 Å². The number of amides is 1. The van der Waals surface area contributed by atoms with Crippen molar-refractivity contribution >= 4 is 17.5 Å². The van der Waals surface area contributed by atoms with Crippen molar-refractivity contribution in [2.24, 2.45) is 0 Å². The second-order valence-electron chi connectivity index (χ2n) is 6.16. The molecule has 1 aliphatic heterocycles. The molecule has 0 atom stereocenters. The number of halogens is 1. The molecule has 0 radical (unpaired) electrons. The average molecular weight is 349 g/mol. The van der Waals surface area contributed by atoms with Gasteiger partial charge < -0.3 is 4.90 Å². The Morgan fingerprint density at radius 2 is 2.08 bits per heavy atom. The summed E-state index contributed by atoms with van der Waals surface area (Å²) in [6.07, 6.45) is 3.93. The molecule has 0 bridgehead atoms. The molecule has 0 aliphatic carbocycles. The van der Waals surface area contributed by atoms with Crippen molar-refractivity contribution < 1.29 is 4.79 Å². The number of carbonyl (C=O) groups excluding carboxylic acids is 1. The molecule has 0 fully saturated rings. The summed E-state index contributed by atoms with van der Waals surface area (Å²) in [6.45, 7) is 1.05. The third-order valence-electron chi connectivity index (χ3n) is 4.36. The molecule has 2 aromatic rings. The molecule has 0 spiro atoms. The average Bonchev–Trinajstić information content (AvgIpc) is 2.74. The maximum Gasteiger partial charge on any atom is 0.346 e. The zero-order valence-corrected chi connectivity index (χ0v) is 14.5. The van der Waals surface area contributed by atoms with Gasteiger partial charge in [0.15, 0.2) is 0 Å². The number of likely N-dealkylation sites (N-methyl/N-ethyl adjacent to an activating group) is 1. The van der Waals surface area contributed by atoms with Crippen LogP contribution >= 0.6 is 11.6 Å². The fourth-order valence-electron chi connectivity index (χ4n) is 2.95. The molecule has 0 N–H and O–H groups in total. The molecule has 128 valence electrons. The van der Waals surface area contributed by atoms with Gasteiger partial charge in [-0.3, -0.25) is 9.36 Å². The van der Waals surface area contributed by atoms with Gasteiger partial charge in [0.25, 0.3) is 0 Å². The molecule has 6 nitrogen and oxygen atoms in total. The van der Waals surface area contributed by atoms with Crippen molar-refractivity contribution in [1.82, 2.24) is 19.2 Å². The minimum atomic E-state index is -0.189. The molecule has 1 aromatic carbocycles. The summed E-state index contributed by atoms with van der Waals surface area (Å²) in [5, 5.41) is 4.98. The zero-order chi connectivity index (χ0) is 17.1. The molecule has 24 heavy (non-hydrogen) atoms. The highest BCUT2D eigenvalue weighted by Crippen LogP contribution is 2.16. The van der Waals surface area contributed by atoms with Crippen molar-refractivity contribution in [3.63, 3.8) is 0 Å². The Kier molecular flexibility index (Phi) is 5.04. The number of nitrogens with zero attached hydrogens (tertiary/aromatic N) is 4. The third-order valence-corrected chi connectivity index (χ3v) is 4.73. The summed E-state index contributed by atoms with van der Waals surface area (Å²) in [4.78, 5) is 26.4. The van der Waals surface area contributed by atoms with Crippen LogP contribution in [-0.4, -0.2) is 32.2 Å².